The molecule has 1 N–H and O–H groups in total. The summed E-state index contributed by atoms with van der Waals surface area (Å²) in [5.74, 6) is 1.28. The van der Waals surface area contributed by atoms with Crippen LogP contribution in [0, 0.1) is 11.8 Å². The molecule has 3 unspecified atom stereocenters. The minimum Gasteiger partial charge on any atom is -0.381 e. The van der Waals surface area contributed by atoms with E-state index in [0.29, 0.717) is 17.9 Å². The lowest BCUT2D eigenvalue weighted by Crippen LogP contribution is -2.35. The van der Waals surface area contributed by atoms with Gasteiger partial charge in [0.05, 0.1) is 0 Å². The minimum atomic E-state index is 0.432. The maximum absolute atomic E-state index is 5.53. The zero-order chi connectivity index (χ0) is 12.3. The van der Waals surface area contributed by atoms with Crippen molar-refractivity contribution in [1.82, 2.24) is 5.32 Å². The van der Waals surface area contributed by atoms with E-state index in [4.69, 9.17) is 4.74 Å². The molecule has 1 fully saturated rings. The van der Waals surface area contributed by atoms with Crippen molar-refractivity contribution in [2.45, 2.75) is 19.4 Å². The van der Waals surface area contributed by atoms with E-state index in [1.165, 1.54) is 5.56 Å². The van der Waals surface area contributed by atoms with Crippen molar-refractivity contribution in [1.29, 1.82) is 0 Å². The molecule has 0 spiro atoms. The van der Waals surface area contributed by atoms with Crippen LogP contribution >= 0.6 is 15.9 Å². The van der Waals surface area contributed by atoms with E-state index in [-0.39, 0.29) is 0 Å². The Balaban J connectivity index is 2.17. The second-order valence-electron chi connectivity index (χ2n) is 4.82. The van der Waals surface area contributed by atoms with E-state index >= 15 is 0 Å². The number of hydrogen-bond donors (Lipinski definition) is 1. The van der Waals surface area contributed by atoms with Gasteiger partial charge in [0.2, 0.25) is 0 Å². The van der Waals surface area contributed by atoms with Crippen molar-refractivity contribution in [3.63, 3.8) is 0 Å². The molecule has 0 saturated carbocycles. The van der Waals surface area contributed by atoms with Gasteiger partial charge in [0, 0.05) is 23.7 Å². The molecule has 3 atom stereocenters. The summed E-state index contributed by atoms with van der Waals surface area (Å²) in [4.78, 5) is 0. The molecule has 3 heteroatoms. The third-order valence-electron chi connectivity index (χ3n) is 3.68. The fourth-order valence-corrected chi connectivity index (χ4v) is 2.95. The summed E-state index contributed by atoms with van der Waals surface area (Å²) in [6.07, 6.45) is 1.14. The fraction of sp³-hybridized carbons (Fsp3) is 0.571. The van der Waals surface area contributed by atoms with Gasteiger partial charge in [-0.15, -0.1) is 0 Å². The van der Waals surface area contributed by atoms with Crippen LogP contribution in [0.3, 0.4) is 0 Å². The van der Waals surface area contributed by atoms with Gasteiger partial charge in [0.1, 0.15) is 0 Å². The fourth-order valence-electron chi connectivity index (χ4n) is 2.69. The summed E-state index contributed by atoms with van der Waals surface area (Å²) in [5, 5.41) is 3.47. The molecule has 0 bridgehead atoms. The molecule has 1 aromatic carbocycles. The smallest absolute Gasteiger partial charge is 0.0494 e. The highest BCUT2D eigenvalue weighted by Crippen LogP contribution is 2.33. The molecule has 0 amide bonds. The molecular weight excluding hydrogens is 278 g/mol. The molecule has 17 heavy (non-hydrogen) atoms. The second-order valence-corrected chi connectivity index (χ2v) is 5.74. The first-order chi connectivity index (χ1) is 8.22. The Labute approximate surface area is 112 Å². The maximum Gasteiger partial charge on any atom is 0.0494 e. The van der Waals surface area contributed by atoms with Crippen LogP contribution in [-0.4, -0.2) is 20.3 Å². The van der Waals surface area contributed by atoms with Crippen LogP contribution in [0.2, 0.25) is 0 Å². The van der Waals surface area contributed by atoms with Gasteiger partial charge in [-0.3, -0.25) is 0 Å². The number of ether oxygens (including phenoxy) is 1. The zero-order valence-corrected chi connectivity index (χ0v) is 12.0. The third kappa shape index (κ3) is 3.09. The Morgan fingerprint density at radius 1 is 1.35 bits per heavy atom. The van der Waals surface area contributed by atoms with Crippen LogP contribution in [0.15, 0.2) is 28.7 Å². The topological polar surface area (TPSA) is 21.3 Å². The quantitative estimate of drug-likeness (QED) is 0.923. The monoisotopic (exact) mass is 297 g/mol. The largest absolute Gasteiger partial charge is 0.381 e. The van der Waals surface area contributed by atoms with Crippen molar-refractivity contribution in [2.24, 2.45) is 11.8 Å². The maximum atomic E-state index is 5.53. The first-order valence-electron chi connectivity index (χ1n) is 6.23. The average Bonchev–Trinajstić information content (AvgIpc) is 2.35. The Kier molecular flexibility index (Phi) is 4.60. The molecule has 1 heterocycles. The highest BCUT2D eigenvalue weighted by Gasteiger charge is 2.29. The molecule has 94 valence electrons. The van der Waals surface area contributed by atoms with Crippen molar-refractivity contribution < 1.29 is 4.74 Å². The van der Waals surface area contributed by atoms with Crippen LogP contribution in [-0.2, 0) is 4.74 Å². The first-order valence-corrected chi connectivity index (χ1v) is 7.02. The normalized spacial score (nSPS) is 26.8. The van der Waals surface area contributed by atoms with Crippen LogP contribution in [0.5, 0.6) is 0 Å². The highest BCUT2D eigenvalue weighted by molar-refractivity contribution is 9.10. The van der Waals surface area contributed by atoms with E-state index in [1.54, 1.807) is 0 Å². The molecule has 0 radical (unpaired) electrons. The lowest BCUT2D eigenvalue weighted by atomic mass is 9.80. The van der Waals surface area contributed by atoms with E-state index < -0.39 is 0 Å². The van der Waals surface area contributed by atoms with Crippen molar-refractivity contribution in [2.75, 3.05) is 20.3 Å². The highest BCUT2D eigenvalue weighted by atomic mass is 79.9. The van der Waals surface area contributed by atoms with Gasteiger partial charge in [0.15, 0.2) is 0 Å². The van der Waals surface area contributed by atoms with Crippen molar-refractivity contribution >= 4 is 15.9 Å². The first kappa shape index (κ1) is 13.1. The molecule has 0 aliphatic carbocycles. The van der Waals surface area contributed by atoms with Gasteiger partial charge in [-0.05, 0) is 43.0 Å². The average molecular weight is 298 g/mol. The van der Waals surface area contributed by atoms with Crippen LogP contribution in [0.1, 0.15) is 24.9 Å². The Hall–Kier alpha value is -0.380. The van der Waals surface area contributed by atoms with Crippen LogP contribution < -0.4 is 5.32 Å². The zero-order valence-electron chi connectivity index (χ0n) is 10.4. The van der Waals surface area contributed by atoms with Gasteiger partial charge in [0.25, 0.3) is 0 Å². The predicted octanol–water partition coefficient (Wildman–Crippen LogP) is 3.38. The Bertz CT molecular complexity index is 352. The molecule has 1 aliphatic rings. The standard InChI is InChI=1S/C14H20BrNO/c1-10-9-17-8-7-13(10)14(16-2)11-3-5-12(15)6-4-11/h3-6,10,13-14,16H,7-9H2,1-2H3. The van der Waals surface area contributed by atoms with Gasteiger partial charge in [-0.1, -0.05) is 35.0 Å². The summed E-state index contributed by atoms with van der Waals surface area (Å²) < 4.78 is 6.66. The minimum absolute atomic E-state index is 0.432. The molecule has 1 aliphatic heterocycles. The van der Waals surface area contributed by atoms with Gasteiger partial charge < -0.3 is 10.1 Å². The van der Waals surface area contributed by atoms with Crippen LogP contribution in [0.4, 0.5) is 0 Å². The van der Waals surface area contributed by atoms with Gasteiger partial charge >= 0.3 is 0 Å². The number of halogens is 1. The molecular formula is C14H20BrNO. The van der Waals surface area contributed by atoms with Crippen molar-refractivity contribution in [3.05, 3.63) is 34.3 Å². The van der Waals surface area contributed by atoms with E-state index in [1.807, 2.05) is 0 Å². The molecule has 0 aromatic heterocycles. The lowest BCUT2D eigenvalue weighted by molar-refractivity contribution is 0.0115. The second kappa shape index (κ2) is 5.98. The summed E-state index contributed by atoms with van der Waals surface area (Å²) in [7, 11) is 2.05. The Morgan fingerprint density at radius 2 is 2.06 bits per heavy atom. The molecule has 1 aromatic rings. The van der Waals surface area contributed by atoms with Crippen molar-refractivity contribution in [3.8, 4) is 0 Å². The van der Waals surface area contributed by atoms with Crippen LogP contribution in [0.25, 0.3) is 0 Å². The van der Waals surface area contributed by atoms with Gasteiger partial charge in [-0.2, -0.15) is 0 Å². The number of benzene rings is 1. The lowest BCUT2D eigenvalue weighted by Gasteiger charge is -2.35. The summed E-state index contributed by atoms with van der Waals surface area (Å²) in [5.41, 5.74) is 1.37. The predicted molar refractivity (Wildman–Crippen MR) is 74.0 cm³/mol. The molecule has 2 rings (SSSR count). The third-order valence-corrected chi connectivity index (χ3v) is 4.20. The number of nitrogens with one attached hydrogen (secondary N) is 1. The Morgan fingerprint density at radius 3 is 2.65 bits per heavy atom. The molecule has 1 saturated heterocycles. The molecule has 2 nitrogen and oxygen atoms in total. The van der Waals surface area contributed by atoms with E-state index in [0.717, 1.165) is 24.1 Å². The van der Waals surface area contributed by atoms with E-state index in [9.17, 15) is 0 Å². The SMILES string of the molecule is CNC(c1ccc(Br)cc1)C1CCOCC1C. The number of rotatable bonds is 3. The summed E-state index contributed by atoms with van der Waals surface area (Å²) in [6, 6.07) is 9.07. The number of hydrogen-bond acceptors (Lipinski definition) is 2. The summed E-state index contributed by atoms with van der Waals surface area (Å²) >= 11 is 3.48. The van der Waals surface area contributed by atoms with Gasteiger partial charge in [-0.25, -0.2) is 0 Å². The summed E-state index contributed by atoms with van der Waals surface area (Å²) in [6.45, 7) is 4.07. The van der Waals surface area contributed by atoms with E-state index in [2.05, 4.69) is 59.5 Å².